The van der Waals surface area contributed by atoms with E-state index in [0.717, 1.165) is 10.8 Å². The smallest absolute Gasteiger partial charge is 0.330 e. The lowest BCUT2D eigenvalue weighted by Crippen LogP contribution is -2.38. The van der Waals surface area contributed by atoms with Crippen molar-refractivity contribution in [3.63, 3.8) is 0 Å². The zero-order valence-corrected chi connectivity index (χ0v) is 9.55. The molecule has 19 heavy (non-hydrogen) atoms. The molecule has 1 fully saturated rings. The van der Waals surface area contributed by atoms with Gasteiger partial charge in [-0.15, -0.1) is 0 Å². The third-order valence-electron chi connectivity index (χ3n) is 2.88. The van der Waals surface area contributed by atoms with Gasteiger partial charge in [0.05, 0.1) is 6.61 Å². The highest BCUT2D eigenvalue weighted by atomic mass is 16.6. The van der Waals surface area contributed by atoms with Gasteiger partial charge in [0.1, 0.15) is 29.9 Å². The van der Waals surface area contributed by atoms with Crippen molar-refractivity contribution in [2.75, 3.05) is 6.61 Å². The van der Waals surface area contributed by atoms with Crippen LogP contribution >= 0.6 is 0 Å². The van der Waals surface area contributed by atoms with Crippen LogP contribution in [0.4, 0.5) is 0 Å². The number of aromatic nitrogens is 2. The molecule has 2 rings (SSSR count). The number of rotatable bonds is 2. The summed E-state index contributed by atoms with van der Waals surface area (Å²) in [6, 6.07) is 1.59. The summed E-state index contributed by atoms with van der Waals surface area (Å²) in [6.45, 7) is -0.544. The fourth-order valence-corrected chi connectivity index (χ4v) is 1.86. The van der Waals surface area contributed by atoms with E-state index in [1.165, 1.54) is 0 Å². The summed E-state index contributed by atoms with van der Waals surface area (Å²) >= 11 is 0. The van der Waals surface area contributed by atoms with Gasteiger partial charge < -0.3 is 20.1 Å². The Balaban J connectivity index is 2.46. The van der Waals surface area contributed by atoms with Crippen LogP contribution in [0, 0.1) is 11.3 Å². The lowest BCUT2D eigenvalue weighted by Gasteiger charge is -2.16. The SMILES string of the molecule is N#Cc1cn([C@@H]2O[C@H](CO)[C@H](O)[C@H]2O)c(=O)[nH]c1=O. The van der Waals surface area contributed by atoms with Gasteiger partial charge in [-0.1, -0.05) is 0 Å². The second-order valence-electron chi connectivity index (χ2n) is 4.05. The Morgan fingerprint density at radius 3 is 2.63 bits per heavy atom. The Hall–Kier alpha value is -1.99. The Labute approximate surface area is 105 Å². The highest BCUT2D eigenvalue weighted by molar-refractivity contribution is 5.22. The van der Waals surface area contributed by atoms with Crippen molar-refractivity contribution >= 4 is 0 Å². The molecule has 0 radical (unpaired) electrons. The van der Waals surface area contributed by atoms with Crippen molar-refractivity contribution < 1.29 is 20.1 Å². The minimum atomic E-state index is -1.47. The predicted octanol–water partition coefficient (Wildman–Crippen LogP) is -2.98. The molecule has 1 aromatic heterocycles. The van der Waals surface area contributed by atoms with Crippen molar-refractivity contribution in [2.45, 2.75) is 24.5 Å². The molecule has 9 heteroatoms. The third-order valence-corrected chi connectivity index (χ3v) is 2.88. The summed E-state index contributed by atoms with van der Waals surface area (Å²) in [4.78, 5) is 24.7. The summed E-state index contributed by atoms with van der Waals surface area (Å²) in [5, 5.41) is 37.0. The van der Waals surface area contributed by atoms with E-state index in [9.17, 15) is 19.8 Å². The fourth-order valence-electron chi connectivity index (χ4n) is 1.86. The fraction of sp³-hybridized carbons (Fsp3) is 0.500. The Morgan fingerprint density at radius 1 is 1.42 bits per heavy atom. The second-order valence-corrected chi connectivity index (χ2v) is 4.05. The maximum absolute atomic E-state index is 11.6. The van der Waals surface area contributed by atoms with Crippen molar-refractivity contribution in [2.24, 2.45) is 0 Å². The van der Waals surface area contributed by atoms with Crippen LogP contribution in [0.15, 0.2) is 15.8 Å². The van der Waals surface area contributed by atoms with E-state index >= 15 is 0 Å². The predicted molar refractivity (Wildman–Crippen MR) is 59.0 cm³/mol. The molecule has 0 aromatic carbocycles. The largest absolute Gasteiger partial charge is 0.394 e. The first-order chi connectivity index (χ1) is 8.99. The van der Waals surface area contributed by atoms with Crippen LogP contribution in [0.5, 0.6) is 0 Å². The number of hydrogen-bond donors (Lipinski definition) is 4. The molecule has 102 valence electrons. The summed E-state index contributed by atoms with van der Waals surface area (Å²) in [5.74, 6) is 0. The standard InChI is InChI=1S/C10H11N3O6/c11-1-4-2-13(10(18)12-8(4)17)9-7(16)6(15)5(3-14)19-9/h2,5-7,9,14-16H,3H2,(H,12,17,18)/t5-,6+,7-,9-/m1/s1. The van der Waals surface area contributed by atoms with E-state index in [-0.39, 0.29) is 5.56 Å². The molecular weight excluding hydrogens is 258 g/mol. The minimum absolute atomic E-state index is 0.336. The van der Waals surface area contributed by atoms with E-state index in [4.69, 9.17) is 15.1 Å². The van der Waals surface area contributed by atoms with E-state index in [2.05, 4.69) is 0 Å². The molecule has 1 aromatic rings. The topological polar surface area (TPSA) is 149 Å². The van der Waals surface area contributed by atoms with Crippen LogP contribution < -0.4 is 11.2 Å². The first kappa shape index (κ1) is 13.4. The molecule has 9 nitrogen and oxygen atoms in total. The number of nitrogens with zero attached hydrogens (tertiary/aromatic N) is 2. The third kappa shape index (κ3) is 2.18. The molecule has 1 aliphatic rings. The molecule has 0 bridgehead atoms. The highest BCUT2D eigenvalue weighted by Crippen LogP contribution is 2.27. The van der Waals surface area contributed by atoms with Gasteiger partial charge in [-0.3, -0.25) is 14.3 Å². The zero-order chi connectivity index (χ0) is 14.2. The first-order valence-electron chi connectivity index (χ1n) is 5.37. The molecule has 4 N–H and O–H groups in total. The number of aliphatic hydroxyl groups excluding tert-OH is 3. The average Bonchev–Trinajstić information content (AvgIpc) is 2.67. The molecule has 0 unspecified atom stereocenters. The number of nitriles is 1. The van der Waals surface area contributed by atoms with Gasteiger partial charge in [0.25, 0.3) is 5.56 Å². The van der Waals surface area contributed by atoms with Gasteiger partial charge in [0.15, 0.2) is 6.23 Å². The Morgan fingerprint density at radius 2 is 2.11 bits per heavy atom. The van der Waals surface area contributed by atoms with Crippen LogP contribution in [0.2, 0.25) is 0 Å². The number of aromatic amines is 1. The van der Waals surface area contributed by atoms with E-state index < -0.39 is 42.4 Å². The number of H-pyrrole nitrogens is 1. The number of nitrogens with one attached hydrogen (secondary N) is 1. The zero-order valence-electron chi connectivity index (χ0n) is 9.55. The van der Waals surface area contributed by atoms with Crippen molar-refractivity contribution in [1.29, 1.82) is 5.26 Å². The van der Waals surface area contributed by atoms with E-state index in [1.54, 1.807) is 6.07 Å². The number of ether oxygens (including phenoxy) is 1. The molecule has 1 aliphatic heterocycles. The lowest BCUT2D eigenvalue weighted by molar-refractivity contribution is -0.0550. The molecule has 0 saturated carbocycles. The quantitative estimate of drug-likeness (QED) is 0.447. The van der Waals surface area contributed by atoms with Crippen LogP contribution in [0.25, 0.3) is 0 Å². The minimum Gasteiger partial charge on any atom is -0.394 e. The Kier molecular flexibility index (Phi) is 3.50. The lowest BCUT2D eigenvalue weighted by atomic mass is 10.1. The molecule has 2 heterocycles. The van der Waals surface area contributed by atoms with Gasteiger partial charge in [0.2, 0.25) is 0 Å². The molecule has 1 saturated heterocycles. The van der Waals surface area contributed by atoms with Crippen molar-refractivity contribution in [3.8, 4) is 6.07 Å². The highest BCUT2D eigenvalue weighted by Gasteiger charge is 2.43. The normalized spacial score (nSPS) is 30.2. The summed E-state index contributed by atoms with van der Waals surface area (Å²) in [6.07, 6.45) is -4.25. The summed E-state index contributed by atoms with van der Waals surface area (Å²) in [7, 11) is 0. The van der Waals surface area contributed by atoms with E-state index in [0.29, 0.717) is 0 Å². The number of aliphatic hydroxyl groups is 3. The van der Waals surface area contributed by atoms with Crippen LogP contribution in [-0.2, 0) is 4.74 Å². The molecule has 4 atom stereocenters. The van der Waals surface area contributed by atoms with Crippen molar-refractivity contribution in [1.82, 2.24) is 9.55 Å². The van der Waals surface area contributed by atoms with Gasteiger partial charge in [0, 0.05) is 6.20 Å². The molecule has 0 aliphatic carbocycles. The molecular formula is C10H11N3O6. The van der Waals surface area contributed by atoms with Gasteiger partial charge in [-0.25, -0.2) is 4.79 Å². The van der Waals surface area contributed by atoms with E-state index in [1.807, 2.05) is 4.98 Å². The van der Waals surface area contributed by atoms with Gasteiger partial charge >= 0.3 is 5.69 Å². The second kappa shape index (κ2) is 4.94. The average molecular weight is 269 g/mol. The first-order valence-corrected chi connectivity index (χ1v) is 5.37. The Bertz CT molecular complexity index is 629. The van der Waals surface area contributed by atoms with Crippen LogP contribution in [0.3, 0.4) is 0 Å². The molecule has 0 spiro atoms. The van der Waals surface area contributed by atoms with Crippen LogP contribution in [-0.4, -0.2) is 49.8 Å². The van der Waals surface area contributed by atoms with Gasteiger partial charge in [-0.2, -0.15) is 5.26 Å². The maximum Gasteiger partial charge on any atom is 0.330 e. The summed E-state index contributed by atoms with van der Waals surface area (Å²) in [5.41, 5.74) is -2.08. The molecule has 0 amide bonds. The van der Waals surface area contributed by atoms with Crippen molar-refractivity contribution in [3.05, 3.63) is 32.6 Å². The van der Waals surface area contributed by atoms with Crippen LogP contribution in [0.1, 0.15) is 11.8 Å². The maximum atomic E-state index is 11.6. The van der Waals surface area contributed by atoms with Gasteiger partial charge in [-0.05, 0) is 0 Å². The summed E-state index contributed by atoms with van der Waals surface area (Å²) < 4.78 is 5.92. The number of hydrogen-bond acceptors (Lipinski definition) is 7. The monoisotopic (exact) mass is 269 g/mol.